The fourth-order valence-corrected chi connectivity index (χ4v) is 5.14. The summed E-state index contributed by atoms with van der Waals surface area (Å²) in [6.07, 6.45) is 7.46. The van der Waals surface area contributed by atoms with Gasteiger partial charge in [0.15, 0.2) is 5.17 Å². The molecule has 0 unspecified atom stereocenters. The molecule has 176 valence electrons. The fourth-order valence-electron chi connectivity index (χ4n) is 4.33. The molecule has 9 heteroatoms. The van der Waals surface area contributed by atoms with Crippen LogP contribution in [0.5, 0.6) is 0 Å². The average Bonchev–Trinajstić information content (AvgIpc) is 3.14. The molecule has 33 heavy (non-hydrogen) atoms. The number of nitrogens with zero attached hydrogens (tertiary/aromatic N) is 3. The van der Waals surface area contributed by atoms with Crippen molar-refractivity contribution in [1.29, 1.82) is 0 Å². The minimum absolute atomic E-state index is 0.00479. The van der Waals surface area contributed by atoms with Crippen molar-refractivity contribution in [2.45, 2.75) is 70.4 Å². The molecule has 0 saturated heterocycles. The zero-order valence-electron chi connectivity index (χ0n) is 19.0. The minimum Gasteiger partial charge on any atom is -0.356 e. The lowest BCUT2D eigenvalue weighted by Crippen LogP contribution is -2.43. The van der Waals surface area contributed by atoms with E-state index in [4.69, 9.17) is 0 Å². The zero-order chi connectivity index (χ0) is 23.2. The van der Waals surface area contributed by atoms with Crippen LogP contribution in [0.4, 0.5) is 5.69 Å². The number of fused-ring (bicyclic) bond motifs is 3. The van der Waals surface area contributed by atoms with E-state index >= 15 is 0 Å². The molecule has 0 radical (unpaired) electrons. The molecule has 2 N–H and O–H groups in total. The Kier molecular flexibility index (Phi) is 7.80. The molecule has 1 fully saturated rings. The van der Waals surface area contributed by atoms with Crippen molar-refractivity contribution in [3.63, 3.8) is 0 Å². The minimum atomic E-state index is -0.783. The van der Waals surface area contributed by atoms with E-state index in [-0.39, 0.29) is 35.9 Å². The maximum Gasteiger partial charge on any atom is 0.259 e. The Morgan fingerprint density at radius 1 is 1.15 bits per heavy atom. The number of amides is 3. The highest BCUT2D eigenvalue weighted by Crippen LogP contribution is 2.34. The number of carbonyl (C=O) groups excluding carboxylic acids is 3. The highest BCUT2D eigenvalue weighted by Gasteiger charge is 2.42. The molecule has 1 atom stereocenters. The van der Waals surface area contributed by atoms with Crippen molar-refractivity contribution < 1.29 is 14.4 Å². The summed E-state index contributed by atoms with van der Waals surface area (Å²) >= 11 is 1.24. The van der Waals surface area contributed by atoms with Crippen LogP contribution in [0.25, 0.3) is 0 Å². The number of hydrogen-bond acceptors (Lipinski definition) is 6. The maximum atomic E-state index is 13.2. The number of benzene rings is 1. The Morgan fingerprint density at radius 2 is 1.94 bits per heavy atom. The molecule has 2 aliphatic heterocycles. The summed E-state index contributed by atoms with van der Waals surface area (Å²) in [4.78, 5) is 48.8. The third-order valence-corrected chi connectivity index (χ3v) is 7.02. The van der Waals surface area contributed by atoms with E-state index in [1.165, 1.54) is 23.1 Å². The number of para-hydroxylation sites is 1. The van der Waals surface area contributed by atoms with Crippen LogP contribution in [0, 0.1) is 0 Å². The topological polar surface area (TPSA) is 103 Å². The van der Waals surface area contributed by atoms with Gasteiger partial charge in [-0.1, -0.05) is 56.5 Å². The standard InChI is InChI=1S/C24H31N5O3S/c1-2-3-13-25-20(30)14-19-23(32)29-22(27-19)17-11-7-8-12-18(17)28-24(29)33-15-21(31)26-16-9-5-4-6-10-16/h7-8,11-12,16,19H,2-6,9-10,13-15H2,1H3,(H,25,30)(H,26,31)/t19-/m1/s1. The Morgan fingerprint density at radius 3 is 2.73 bits per heavy atom. The zero-order valence-corrected chi connectivity index (χ0v) is 19.8. The van der Waals surface area contributed by atoms with E-state index in [0.717, 1.165) is 44.1 Å². The van der Waals surface area contributed by atoms with E-state index in [2.05, 4.69) is 27.5 Å². The van der Waals surface area contributed by atoms with Crippen LogP contribution in [0.1, 0.15) is 63.9 Å². The molecule has 0 bridgehead atoms. The van der Waals surface area contributed by atoms with Crippen molar-refractivity contribution in [1.82, 2.24) is 15.5 Å². The molecular weight excluding hydrogens is 438 g/mol. The smallest absolute Gasteiger partial charge is 0.259 e. The number of nitrogens with one attached hydrogen (secondary N) is 2. The lowest BCUT2D eigenvalue weighted by atomic mass is 9.95. The predicted octanol–water partition coefficient (Wildman–Crippen LogP) is 3.13. The first-order valence-corrected chi connectivity index (χ1v) is 12.8. The van der Waals surface area contributed by atoms with E-state index in [0.29, 0.717) is 23.2 Å². The van der Waals surface area contributed by atoms with E-state index in [9.17, 15) is 14.4 Å². The predicted molar refractivity (Wildman–Crippen MR) is 131 cm³/mol. The molecule has 1 aromatic carbocycles. The third-order valence-electron chi connectivity index (χ3n) is 6.08. The molecule has 8 nitrogen and oxygen atoms in total. The molecule has 3 aliphatic rings. The van der Waals surface area contributed by atoms with Crippen LogP contribution >= 0.6 is 11.8 Å². The van der Waals surface area contributed by atoms with Gasteiger partial charge in [0.05, 0.1) is 17.9 Å². The van der Waals surface area contributed by atoms with Crippen molar-refractivity contribution in [2.24, 2.45) is 9.98 Å². The van der Waals surface area contributed by atoms with Gasteiger partial charge in [-0.3, -0.25) is 19.4 Å². The molecule has 0 spiro atoms. The Bertz CT molecular complexity index is 971. The summed E-state index contributed by atoms with van der Waals surface area (Å²) in [5.41, 5.74) is 1.47. The molecule has 1 saturated carbocycles. The van der Waals surface area contributed by atoms with Gasteiger partial charge in [0.25, 0.3) is 5.91 Å². The Balaban J connectivity index is 1.45. The second-order valence-electron chi connectivity index (χ2n) is 8.65. The first kappa shape index (κ1) is 23.5. The summed E-state index contributed by atoms with van der Waals surface area (Å²) in [5, 5.41) is 6.40. The Labute approximate surface area is 198 Å². The Hall–Kier alpha value is -2.68. The molecule has 0 aromatic heterocycles. The largest absolute Gasteiger partial charge is 0.356 e. The molecule has 4 rings (SSSR count). The summed E-state index contributed by atoms with van der Waals surface area (Å²) in [7, 11) is 0. The van der Waals surface area contributed by atoms with Gasteiger partial charge in [-0.2, -0.15) is 0 Å². The van der Waals surface area contributed by atoms with E-state index < -0.39 is 6.04 Å². The number of unbranched alkanes of at least 4 members (excludes halogenated alkanes) is 1. The summed E-state index contributed by atoms with van der Waals surface area (Å²) in [5.74, 6) is 0.176. The van der Waals surface area contributed by atoms with Crippen LogP contribution < -0.4 is 10.6 Å². The average molecular weight is 470 g/mol. The summed E-state index contributed by atoms with van der Waals surface area (Å²) < 4.78 is 0. The summed E-state index contributed by atoms with van der Waals surface area (Å²) in [6.45, 7) is 2.65. The third kappa shape index (κ3) is 5.63. The molecule has 2 heterocycles. The number of thioether (sulfide) groups is 1. The number of carbonyl (C=O) groups is 3. The highest BCUT2D eigenvalue weighted by molar-refractivity contribution is 8.14. The van der Waals surface area contributed by atoms with Gasteiger partial charge in [-0.25, -0.2) is 9.89 Å². The normalized spacial score (nSPS) is 20.0. The second kappa shape index (κ2) is 11.0. The SMILES string of the molecule is CCCCNC(=O)C[C@H]1N=C2c3ccccc3N=C(SCC(=O)NC3CCCCC3)N2C1=O. The van der Waals surface area contributed by atoms with Crippen molar-refractivity contribution in [3.05, 3.63) is 29.8 Å². The molecule has 1 aliphatic carbocycles. The van der Waals surface area contributed by atoms with Gasteiger partial charge < -0.3 is 10.6 Å². The summed E-state index contributed by atoms with van der Waals surface area (Å²) in [6, 6.07) is 6.95. The van der Waals surface area contributed by atoms with Crippen molar-refractivity contribution in [3.8, 4) is 0 Å². The van der Waals surface area contributed by atoms with Gasteiger partial charge in [0, 0.05) is 18.2 Å². The van der Waals surface area contributed by atoms with Gasteiger partial charge in [0.2, 0.25) is 11.8 Å². The van der Waals surface area contributed by atoms with Gasteiger partial charge in [-0.15, -0.1) is 0 Å². The first-order valence-electron chi connectivity index (χ1n) is 11.9. The van der Waals surface area contributed by atoms with Gasteiger partial charge >= 0.3 is 0 Å². The van der Waals surface area contributed by atoms with E-state index in [1.807, 2.05) is 24.3 Å². The van der Waals surface area contributed by atoms with Crippen LogP contribution in [-0.2, 0) is 14.4 Å². The monoisotopic (exact) mass is 469 g/mol. The molecular formula is C24H31N5O3S. The van der Waals surface area contributed by atoms with Crippen LogP contribution in [0.3, 0.4) is 0 Å². The first-order chi connectivity index (χ1) is 16.1. The maximum absolute atomic E-state index is 13.2. The van der Waals surface area contributed by atoms with Gasteiger partial charge in [-0.05, 0) is 31.4 Å². The van der Waals surface area contributed by atoms with Crippen molar-refractivity contribution in [2.75, 3.05) is 12.3 Å². The van der Waals surface area contributed by atoms with Crippen molar-refractivity contribution >= 4 is 46.2 Å². The van der Waals surface area contributed by atoms with Crippen LogP contribution in [0.15, 0.2) is 34.3 Å². The quantitative estimate of drug-likeness (QED) is 0.571. The van der Waals surface area contributed by atoms with Gasteiger partial charge in [0.1, 0.15) is 11.9 Å². The number of rotatable bonds is 8. The lowest BCUT2D eigenvalue weighted by molar-refractivity contribution is -0.128. The molecule has 3 amide bonds. The number of hydrogen-bond donors (Lipinski definition) is 2. The fraction of sp³-hybridized carbons (Fsp3) is 0.542. The molecule has 1 aromatic rings. The lowest BCUT2D eigenvalue weighted by Gasteiger charge is -2.26. The van der Waals surface area contributed by atoms with Crippen LogP contribution in [0.2, 0.25) is 0 Å². The second-order valence-corrected chi connectivity index (χ2v) is 9.59. The van der Waals surface area contributed by atoms with Crippen LogP contribution in [-0.4, -0.2) is 58.0 Å². The number of amidine groups is 2. The highest BCUT2D eigenvalue weighted by atomic mass is 32.2. The van der Waals surface area contributed by atoms with E-state index in [1.54, 1.807) is 0 Å². The number of aliphatic imine (C=N–C) groups is 2.